The van der Waals surface area contributed by atoms with Gasteiger partial charge in [-0.05, 0) is 42.3 Å². The Balaban J connectivity index is 1.59. The Morgan fingerprint density at radius 2 is 2.00 bits per heavy atom. The van der Waals surface area contributed by atoms with Gasteiger partial charge in [0.15, 0.2) is 23.6 Å². The number of fused-ring (bicyclic) bond motifs is 1. The van der Waals surface area contributed by atoms with Crippen LogP contribution in [0, 0.1) is 11.6 Å². The van der Waals surface area contributed by atoms with Gasteiger partial charge in [0.1, 0.15) is 5.52 Å². The molecular formula is C16H12F2N2O2. The van der Waals surface area contributed by atoms with Crippen LogP contribution in [0.3, 0.4) is 0 Å². The smallest absolute Gasteiger partial charge is 0.251 e. The Morgan fingerprint density at radius 3 is 2.82 bits per heavy atom. The lowest BCUT2D eigenvalue weighted by Crippen LogP contribution is -2.25. The van der Waals surface area contributed by atoms with Gasteiger partial charge in [-0.15, -0.1) is 0 Å². The van der Waals surface area contributed by atoms with Crippen molar-refractivity contribution in [3.63, 3.8) is 0 Å². The van der Waals surface area contributed by atoms with Gasteiger partial charge >= 0.3 is 0 Å². The molecule has 1 N–H and O–H groups in total. The minimum Gasteiger partial charge on any atom is -0.443 e. The minimum absolute atomic E-state index is 0.0888. The predicted octanol–water partition coefficient (Wildman–Crippen LogP) is 3.08. The summed E-state index contributed by atoms with van der Waals surface area (Å²) in [7, 11) is 0. The Morgan fingerprint density at radius 1 is 1.14 bits per heavy atom. The lowest BCUT2D eigenvalue weighted by Gasteiger charge is -2.06. The zero-order valence-electron chi connectivity index (χ0n) is 11.5. The van der Waals surface area contributed by atoms with Crippen LogP contribution >= 0.6 is 0 Å². The number of hydrogen-bond acceptors (Lipinski definition) is 3. The van der Waals surface area contributed by atoms with Gasteiger partial charge in [0.25, 0.3) is 5.91 Å². The maximum atomic E-state index is 13.1. The third kappa shape index (κ3) is 2.95. The number of hydrogen-bond donors (Lipinski definition) is 1. The van der Waals surface area contributed by atoms with Crippen LogP contribution in [-0.2, 0) is 6.42 Å². The zero-order chi connectivity index (χ0) is 15.5. The molecule has 0 saturated carbocycles. The highest BCUT2D eigenvalue weighted by Gasteiger charge is 2.09. The van der Waals surface area contributed by atoms with E-state index in [0.29, 0.717) is 18.5 Å². The van der Waals surface area contributed by atoms with E-state index < -0.39 is 17.5 Å². The van der Waals surface area contributed by atoms with E-state index in [1.165, 1.54) is 12.5 Å². The second-order valence-corrected chi connectivity index (χ2v) is 4.79. The third-order valence-electron chi connectivity index (χ3n) is 3.28. The van der Waals surface area contributed by atoms with Crippen LogP contribution in [0.1, 0.15) is 15.9 Å². The van der Waals surface area contributed by atoms with E-state index >= 15 is 0 Å². The molecule has 0 spiro atoms. The topological polar surface area (TPSA) is 55.1 Å². The Hall–Kier alpha value is -2.76. The van der Waals surface area contributed by atoms with Crippen molar-refractivity contribution in [2.75, 3.05) is 6.54 Å². The molecule has 0 aliphatic rings. The summed E-state index contributed by atoms with van der Waals surface area (Å²) in [4.78, 5) is 15.9. The molecule has 2 aromatic carbocycles. The summed E-state index contributed by atoms with van der Waals surface area (Å²) in [6.45, 7) is 0.376. The molecule has 1 aromatic heterocycles. The molecule has 0 atom stereocenters. The summed E-state index contributed by atoms with van der Waals surface area (Å²) in [6, 6.07) is 8.64. The van der Waals surface area contributed by atoms with E-state index in [1.54, 1.807) is 0 Å². The standard InChI is InChI=1S/C16H12F2N2O2/c17-12-3-2-11(8-13(12)18)16(21)19-6-5-10-1-4-15-14(7-10)20-9-22-15/h1-4,7-9H,5-6H2,(H,19,21). The molecule has 0 radical (unpaired) electrons. The Kier molecular flexibility index (Phi) is 3.82. The van der Waals surface area contributed by atoms with Gasteiger partial charge < -0.3 is 9.73 Å². The molecule has 0 aliphatic heterocycles. The van der Waals surface area contributed by atoms with Crippen LogP contribution in [0.25, 0.3) is 11.1 Å². The van der Waals surface area contributed by atoms with Gasteiger partial charge in [-0.2, -0.15) is 0 Å². The molecule has 22 heavy (non-hydrogen) atoms. The highest BCUT2D eigenvalue weighted by atomic mass is 19.2. The molecule has 0 aliphatic carbocycles. The molecule has 0 saturated heterocycles. The molecular weight excluding hydrogens is 290 g/mol. The van der Waals surface area contributed by atoms with Crippen LogP contribution in [0.15, 0.2) is 47.2 Å². The molecule has 0 unspecified atom stereocenters. The van der Waals surface area contributed by atoms with E-state index in [0.717, 1.165) is 23.2 Å². The number of nitrogens with one attached hydrogen (secondary N) is 1. The number of benzene rings is 2. The van der Waals surface area contributed by atoms with Crippen molar-refractivity contribution < 1.29 is 18.0 Å². The van der Waals surface area contributed by atoms with Gasteiger partial charge in [-0.3, -0.25) is 4.79 Å². The number of nitrogens with zero attached hydrogens (tertiary/aromatic N) is 1. The van der Waals surface area contributed by atoms with Gasteiger partial charge in [-0.25, -0.2) is 13.8 Å². The largest absolute Gasteiger partial charge is 0.443 e. The summed E-state index contributed by atoms with van der Waals surface area (Å²) >= 11 is 0. The summed E-state index contributed by atoms with van der Waals surface area (Å²) in [5.74, 6) is -2.46. The second kappa shape index (κ2) is 5.93. The van der Waals surface area contributed by atoms with Crippen LogP contribution in [0.5, 0.6) is 0 Å². The first-order chi connectivity index (χ1) is 10.6. The monoisotopic (exact) mass is 302 g/mol. The van der Waals surface area contributed by atoms with E-state index in [4.69, 9.17) is 4.42 Å². The summed E-state index contributed by atoms with van der Waals surface area (Å²) < 4.78 is 31.0. The maximum absolute atomic E-state index is 13.1. The highest BCUT2D eigenvalue weighted by molar-refractivity contribution is 5.94. The summed E-state index contributed by atoms with van der Waals surface area (Å²) in [6.07, 6.45) is 1.97. The van der Waals surface area contributed by atoms with E-state index in [9.17, 15) is 13.6 Å². The van der Waals surface area contributed by atoms with Crippen molar-refractivity contribution in [3.8, 4) is 0 Å². The van der Waals surface area contributed by atoms with Gasteiger partial charge in [0, 0.05) is 12.1 Å². The van der Waals surface area contributed by atoms with E-state index in [2.05, 4.69) is 10.3 Å². The van der Waals surface area contributed by atoms with E-state index in [-0.39, 0.29) is 5.56 Å². The summed E-state index contributed by atoms with van der Waals surface area (Å²) in [5, 5.41) is 2.66. The van der Waals surface area contributed by atoms with Crippen LogP contribution in [0.4, 0.5) is 8.78 Å². The Bertz CT molecular complexity index is 830. The molecule has 1 amide bonds. The first-order valence-electron chi connectivity index (χ1n) is 6.69. The molecule has 0 fully saturated rings. The van der Waals surface area contributed by atoms with Crippen LogP contribution < -0.4 is 5.32 Å². The molecule has 1 heterocycles. The fraction of sp³-hybridized carbons (Fsp3) is 0.125. The van der Waals surface area contributed by atoms with Crippen LogP contribution in [0.2, 0.25) is 0 Å². The second-order valence-electron chi connectivity index (χ2n) is 4.79. The summed E-state index contributed by atoms with van der Waals surface area (Å²) in [5.41, 5.74) is 2.54. The molecule has 0 bridgehead atoms. The molecule has 6 heteroatoms. The zero-order valence-corrected chi connectivity index (χ0v) is 11.5. The molecule has 3 rings (SSSR count). The molecule has 3 aromatic rings. The highest BCUT2D eigenvalue weighted by Crippen LogP contribution is 2.14. The van der Waals surface area contributed by atoms with Crippen molar-refractivity contribution in [1.82, 2.24) is 10.3 Å². The number of amides is 1. The number of carbonyl (C=O) groups excluding carboxylic acids is 1. The lowest BCUT2D eigenvalue weighted by molar-refractivity contribution is 0.0953. The van der Waals surface area contributed by atoms with Gasteiger partial charge in [0.05, 0.1) is 0 Å². The Labute approximate surface area is 124 Å². The van der Waals surface area contributed by atoms with Crippen molar-refractivity contribution in [1.29, 1.82) is 0 Å². The van der Waals surface area contributed by atoms with Crippen molar-refractivity contribution >= 4 is 17.0 Å². The number of halogens is 2. The average molecular weight is 302 g/mol. The first kappa shape index (κ1) is 14.2. The predicted molar refractivity (Wildman–Crippen MR) is 76.4 cm³/mol. The first-order valence-corrected chi connectivity index (χ1v) is 6.69. The fourth-order valence-electron chi connectivity index (χ4n) is 2.12. The number of aromatic nitrogens is 1. The number of carbonyl (C=O) groups is 1. The lowest BCUT2D eigenvalue weighted by atomic mass is 10.1. The maximum Gasteiger partial charge on any atom is 0.251 e. The molecule has 112 valence electrons. The average Bonchev–Trinajstić information content (AvgIpc) is 2.97. The number of rotatable bonds is 4. The minimum atomic E-state index is -1.04. The number of oxazole rings is 1. The third-order valence-corrected chi connectivity index (χ3v) is 3.28. The normalized spacial score (nSPS) is 10.8. The van der Waals surface area contributed by atoms with Crippen molar-refractivity contribution in [2.45, 2.75) is 6.42 Å². The van der Waals surface area contributed by atoms with Crippen LogP contribution in [-0.4, -0.2) is 17.4 Å². The fourth-order valence-corrected chi connectivity index (χ4v) is 2.12. The van der Waals surface area contributed by atoms with Gasteiger partial charge in [0.2, 0.25) is 0 Å². The van der Waals surface area contributed by atoms with Gasteiger partial charge in [-0.1, -0.05) is 6.07 Å². The van der Waals surface area contributed by atoms with Crippen molar-refractivity contribution in [2.24, 2.45) is 0 Å². The van der Waals surface area contributed by atoms with Crippen molar-refractivity contribution in [3.05, 3.63) is 65.6 Å². The quantitative estimate of drug-likeness (QED) is 0.806. The molecule has 4 nitrogen and oxygen atoms in total. The SMILES string of the molecule is O=C(NCCc1ccc2ocnc2c1)c1ccc(F)c(F)c1. The van der Waals surface area contributed by atoms with E-state index in [1.807, 2.05) is 18.2 Å².